The van der Waals surface area contributed by atoms with Gasteiger partial charge in [0.1, 0.15) is 11.6 Å². The molecule has 29 heavy (non-hydrogen) atoms. The van der Waals surface area contributed by atoms with Crippen LogP contribution in [0.4, 0.5) is 4.39 Å². The highest BCUT2D eigenvalue weighted by molar-refractivity contribution is 7.99. The molecule has 0 unspecified atom stereocenters. The largest absolute Gasteiger partial charge is 0.467 e. The van der Waals surface area contributed by atoms with Crippen LogP contribution in [-0.2, 0) is 6.54 Å². The van der Waals surface area contributed by atoms with Gasteiger partial charge in [0, 0.05) is 11.1 Å². The summed E-state index contributed by atoms with van der Waals surface area (Å²) in [6.07, 6.45) is 1.62. The fraction of sp³-hybridized carbons (Fsp3) is 0.136. The van der Waals surface area contributed by atoms with E-state index >= 15 is 0 Å². The first-order chi connectivity index (χ1) is 14.1. The normalized spacial score (nSPS) is 11.0. The van der Waals surface area contributed by atoms with E-state index < -0.39 is 0 Å². The first-order valence-corrected chi connectivity index (χ1v) is 10.0. The van der Waals surface area contributed by atoms with E-state index in [1.165, 1.54) is 36.0 Å². The Bertz CT molecular complexity index is 1120. The van der Waals surface area contributed by atoms with Crippen LogP contribution in [0.2, 0.25) is 0 Å². The van der Waals surface area contributed by atoms with Crippen molar-refractivity contribution in [2.75, 3.05) is 5.75 Å². The minimum atomic E-state index is -0.366. The molecule has 0 radical (unpaired) electrons. The molecule has 0 aliphatic rings. The van der Waals surface area contributed by atoms with Crippen molar-refractivity contribution in [1.29, 1.82) is 0 Å². The number of carbonyl (C=O) groups excluding carboxylic acids is 1. The van der Waals surface area contributed by atoms with Gasteiger partial charge in [-0.15, -0.1) is 10.2 Å². The summed E-state index contributed by atoms with van der Waals surface area (Å²) in [5.41, 5.74) is 2.53. The maximum absolute atomic E-state index is 13.1. The molecule has 0 bridgehead atoms. The van der Waals surface area contributed by atoms with Gasteiger partial charge in [0.2, 0.25) is 0 Å². The van der Waals surface area contributed by atoms with E-state index in [1.54, 1.807) is 6.26 Å². The van der Waals surface area contributed by atoms with Gasteiger partial charge >= 0.3 is 0 Å². The van der Waals surface area contributed by atoms with Gasteiger partial charge in [0.05, 0.1) is 18.6 Å². The molecule has 5 nitrogen and oxygen atoms in total. The zero-order valence-electron chi connectivity index (χ0n) is 15.7. The molecule has 0 aliphatic carbocycles. The van der Waals surface area contributed by atoms with Crippen LogP contribution in [-0.4, -0.2) is 26.3 Å². The summed E-state index contributed by atoms with van der Waals surface area (Å²) in [6, 6.07) is 17.3. The van der Waals surface area contributed by atoms with E-state index in [1.807, 2.05) is 47.9 Å². The SMILES string of the molecule is Cc1cccc(-c2nnc(SCC(=O)c3ccc(F)cc3)n2Cc2ccco2)c1. The van der Waals surface area contributed by atoms with Crippen LogP contribution in [0.25, 0.3) is 11.4 Å². The highest BCUT2D eigenvalue weighted by atomic mass is 32.2. The average molecular weight is 407 g/mol. The minimum absolute atomic E-state index is 0.0975. The Morgan fingerprint density at radius 1 is 1.10 bits per heavy atom. The standard InChI is InChI=1S/C22H18FN3O2S/c1-15-4-2-5-17(12-15)21-24-25-22(26(21)13-19-6-3-11-28-19)29-14-20(27)16-7-9-18(23)10-8-16/h2-12H,13-14H2,1H3. The Morgan fingerprint density at radius 3 is 2.66 bits per heavy atom. The summed E-state index contributed by atoms with van der Waals surface area (Å²) >= 11 is 1.30. The van der Waals surface area contributed by atoms with Gasteiger partial charge in [-0.25, -0.2) is 4.39 Å². The van der Waals surface area contributed by atoms with E-state index in [-0.39, 0.29) is 17.4 Å². The van der Waals surface area contributed by atoms with Gasteiger partial charge in [0.15, 0.2) is 16.8 Å². The van der Waals surface area contributed by atoms with E-state index in [4.69, 9.17) is 4.42 Å². The number of aromatic nitrogens is 3. The molecular formula is C22H18FN3O2S. The number of thioether (sulfide) groups is 1. The van der Waals surface area contributed by atoms with Crippen LogP contribution in [0.3, 0.4) is 0 Å². The second kappa shape index (κ2) is 8.45. The third-order valence-corrected chi connectivity index (χ3v) is 5.35. The average Bonchev–Trinajstić information content (AvgIpc) is 3.37. The van der Waals surface area contributed by atoms with Crippen LogP contribution in [0.15, 0.2) is 76.5 Å². The highest BCUT2D eigenvalue weighted by Crippen LogP contribution is 2.26. The maximum atomic E-state index is 13.1. The van der Waals surface area contributed by atoms with E-state index in [0.717, 1.165) is 16.9 Å². The maximum Gasteiger partial charge on any atom is 0.192 e. The number of nitrogens with zero attached hydrogens (tertiary/aromatic N) is 3. The van der Waals surface area contributed by atoms with Crippen LogP contribution in [0.1, 0.15) is 21.7 Å². The number of aryl methyl sites for hydroxylation is 1. The Hall–Kier alpha value is -3.19. The summed E-state index contributed by atoms with van der Waals surface area (Å²) in [6.45, 7) is 2.48. The topological polar surface area (TPSA) is 60.9 Å². The van der Waals surface area contributed by atoms with Crippen molar-refractivity contribution in [3.05, 3.63) is 89.6 Å². The van der Waals surface area contributed by atoms with Crippen molar-refractivity contribution in [1.82, 2.24) is 14.8 Å². The lowest BCUT2D eigenvalue weighted by molar-refractivity contribution is 0.102. The van der Waals surface area contributed by atoms with E-state index in [0.29, 0.717) is 23.1 Å². The summed E-state index contributed by atoms with van der Waals surface area (Å²) in [4.78, 5) is 12.5. The second-order valence-corrected chi connectivity index (χ2v) is 7.50. The summed E-state index contributed by atoms with van der Waals surface area (Å²) in [7, 11) is 0. The minimum Gasteiger partial charge on any atom is -0.467 e. The van der Waals surface area contributed by atoms with Crippen molar-refractivity contribution in [3.8, 4) is 11.4 Å². The van der Waals surface area contributed by atoms with Gasteiger partial charge < -0.3 is 4.42 Å². The lowest BCUT2D eigenvalue weighted by Gasteiger charge is -2.09. The quantitative estimate of drug-likeness (QED) is 0.318. The Balaban J connectivity index is 1.60. The van der Waals surface area contributed by atoms with Gasteiger partial charge in [-0.3, -0.25) is 9.36 Å². The van der Waals surface area contributed by atoms with E-state index in [2.05, 4.69) is 10.2 Å². The monoisotopic (exact) mass is 407 g/mol. The number of hydrogen-bond donors (Lipinski definition) is 0. The number of Topliss-reactive ketones (excluding diaryl/α,β-unsaturated/α-hetero) is 1. The summed E-state index contributed by atoms with van der Waals surface area (Å²) < 4.78 is 20.5. The molecule has 0 fully saturated rings. The smallest absolute Gasteiger partial charge is 0.192 e. The molecular weight excluding hydrogens is 389 g/mol. The Morgan fingerprint density at radius 2 is 1.93 bits per heavy atom. The molecule has 2 heterocycles. The number of carbonyl (C=O) groups is 1. The molecule has 0 atom stereocenters. The molecule has 4 rings (SSSR count). The van der Waals surface area contributed by atoms with Crippen molar-refractivity contribution in [3.63, 3.8) is 0 Å². The fourth-order valence-electron chi connectivity index (χ4n) is 2.94. The van der Waals surface area contributed by atoms with Crippen LogP contribution in [0, 0.1) is 12.7 Å². The predicted octanol–water partition coefficient (Wildman–Crippen LogP) is 5.01. The third kappa shape index (κ3) is 4.46. The number of furan rings is 1. The molecule has 0 saturated carbocycles. The Kier molecular flexibility index (Phi) is 5.57. The third-order valence-electron chi connectivity index (χ3n) is 4.39. The number of hydrogen-bond acceptors (Lipinski definition) is 5. The number of halogens is 1. The molecule has 2 aromatic carbocycles. The van der Waals surface area contributed by atoms with Crippen LogP contribution >= 0.6 is 11.8 Å². The zero-order valence-corrected chi connectivity index (χ0v) is 16.5. The first kappa shape index (κ1) is 19.1. The lowest BCUT2D eigenvalue weighted by Crippen LogP contribution is -2.07. The Labute approximate surface area is 171 Å². The van der Waals surface area contributed by atoms with Crippen molar-refractivity contribution in [2.45, 2.75) is 18.6 Å². The van der Waals surface area contributed by atoms with Gasteiger partial charge in [-0.05, 0) is 49.4 Å². The first-order valence-electron chi connectivity index (χ1n) is 9.04. The van der Waals surface area contributed by atoms with Crippen molar-refractivity contribution in [2.24, 2.45) is 0 Å². The summed E-state index contributed by atoms with van der Waals surface area (Å²) in [5, 5.41) is 9.28. The zero-order chi connectivity index (χ0) is 20.2. The second-order valence-electron chi connectivity index (χ2n) is 6.56. The number of benzene rings is 2. The molecule has 0 spiro atoms. The predicted molar refractivity (Wildman–Crippen MR) is 109 cm³/mol. The molecule has 0 amide bonds. The van der Waals surface area contributed by atoms with Gasteiger partial charge in [-0.2, -0.15) is 0 Å². The van der Waals surface area contributed by atoms with E-state index in [9.17, 15) is 9.18 Å². The van der Waals surface area contributed by atoms with Gasteiger partial charge in [-0.1, -0.05) is 35.5 Å². The molecule has 7 heteroatoms. The molecule has 2 aromatic heterocycles. The van der Waals surface area contributed by atoms with Crippen LogP contribution < -0.4 is 0 Å². The fourth-order valence-corrected chi connectivity index (χ4v) is 3.78. The van der Waals surface area contributed by atoms with Crippen LogP contribution in [0.5, 0.6) is 0 Å². The molecule has 0 saturated heterocycles. The number of rotatable bonds is 7. The molecule has 4 aromatic rings. The highest BCUT2D eigenvalue weighted by Gasteiger charge is 2.17. The molecule has 0 N–H and O–H groups in total. The summed E-state index contributed by atoms with van der Waals surface area (Å²) in [5.74, 6) is 1.19. The number of ketones is 1. The van der Waals surface area contributed by atoms with Gasteiger partial charge in [0.25, 0.3) is 0 Å². The molecule has 146 valence electrons. The van der Waals surface area contributed by atoms with Crippen molar-refractivity contribution < 1.29 is 13.6 Å². The lowest BCUT2D eigenvalue weighted by atomic mass is 10.1. The van der Waals surface area contributed by atoms with Crippen molar-refractivity contribution >= 4 is 17.5 Å². The molecule has 0 aliphatic heterocycles.